The molecule has 16 nitrogen and oxygen atoms in total. The molecule has 0 bridgehead atoms. The van der Waals surface area contributed by atoms with Crippen LogP contribution in [0.25, 0.3) is 178 Å². The topological polar surface area (TPSA) is 207 Å². The molecule has 24 rings (SSSR count). The predicted octanol–water partition coefficient (Wildman–Crippen LogP) is 28.4. The minimum atomic E-state index is -2.26. The third-order valence-corrected chi connectivity index (χ3v) is 31.1. The van der Waals surface area contributed by atoms with Crippen LogP contribution >= 0.6 is 0 Å². The summed E-state index contributed by atoms with van der Waals surface area (Å²) in [5.74, 6) is 0. The van der Waals surface area contributed by atoms with E-state index in [1.54, 1.807) is 49.3 Å². The molecule has 24 aromatic rings. The van der Waals surface area contributed by atoms with E-state index in [1.807, 2.05) is 274 Å². The average Bonchev–Trinajstić information content (AvgIpc) is 1.66. The Kier molecular flexibility index (Phi) is 36.2. The first kappa shape index (κ1) is 105. The number of rotatable bonds is 12. The van der Waals surface area contributed by atoms with Crippen LogP contribution in [0.5, 0.6) is 0 Å². The third-order valence-electron chi connectivity index (χ3n) is 23.2. The summed E-state index contributed by atoms with van der Waals surface area (Å²) in [6, 6.07) is 130. The van der Waals surface area contributed by atoms with Gasteiger partial charge in [0.2, 0.25) is 17.1 Å². The molecule has 0 saturated heterocycles. The number of pyridine rings is 12. The van der Waals surface area contributed by atoms with Gasteiger partial charge in [0.1, 0.15) is 13.7 Å². The minimum Gasteiger partial charge on any atom is -0.499 e. The number of aryl methyl sites for hydroxylation is 2. The van der Waals surface area contributed by atoms with E-state index in [4.69, 9.17) is 26.8 Å². The molecule has 16 heterocycles. The molecule has 4 radical (unpaired) electrons. The number of furan rings is 4. The number of hydrogen-bond acceptors (Lipinski definition) is 16. The van der Waals surface area contributed by atoms with Crippen LogP contribution < -0.4 is 20.9 Å². The minimum absolute atomic E-state index is 0. The summed E-state index contributed by atoms with van der Waals surface area (Å²) in [5.41, 5.74) is 22.3. The number of hydrogen-bond donors (Lipinski definition) is 0. The Bertz CT molecular complexity index is 8020. The first-order chi connectivity index (χ1) is 70.0. The van der Waals surface area contributed by atoms with Crippen molar-refractivity contribution in [3.63, 3.8) is 0 Å². The summed E-state index contributed by atoms with van der Waals surface area (Å²) in [6.07, 6.45) is 16.6. The zero-order valence-electron chi connectivity index (χ0n) is 85.6. The van der Waals surface area contributed by atoms with Crippen molar-refractivity contribution in [1.29, 1.82) is 0 Å². The standard InChI is InChI=1S/C19H17N2OSi.2C17H11N2O.C16H9N2O.3C14H16NSi.C11H8N.4Ir/c1-23(2,3)17-11-10-14-13-7-6-8-15(16-9-4-5-12-20-16)18(13)22-19(14)21-17;1-11-8-9-13-12-5-4-6-14(15-7-2-3-10-18-15)16(12)20-17(13)19-11;1-11-5-7-13-14-10-12(15-4-2-3-9-18-15)6-8-16(14)20-17(13)19-11;1-2-9-17-13(7-1)11-5-3-6-12-15-14(19-16(11)12)8-4-10-18-15;3*1-16(2,3)13-9-10-14(15-11-13)12-7-5-4-6-8-12;1-2-6-10(7-3-1)11-8-4-5-9-12-11;;;;/h4-7,9-12H,1-3H3;2*2-5,7-10H,1H3;1-4,6-10H;3*4-7,9-11H,1-3H3;1-6,8-9H;;;;/q8*-1;;;;/i;1D3;;;;;;;;;;. The van der Waals surface area contributed by atoms with E-state index in [-0.39, 0.29) is 86.1 Å². The molecule has 146 heavy (non-hydrogen) atoms. The van der Waals surface area contributed by atoms with Gasteiger partial charge in [0, 0.05) is 173 Å². The van der Waals surface area contributed by atoms with Crippen LogP contribution in [0.15, 0.2) is 395 Å². The summed E-state index contributed by atoms with van der Waals surface area (Å²) < 4.78 is 46.0. The molecule has 8 aromatic carbocycles. The number of aromatic nitrogens is 12. The van der Waals surface area contributed by atoms with Gasteiger partial charge < -0.3 is 57.5 Å². The van der Waals surface area contributed by atoms with Crippen molar-refractivity contribution >= 4 is 141 Å². The fraction of sp³-hybridized carbons (Fsp3) is 0.115. The summed E-state index contributed by atoms with van der Waals surface area (Å²) in [5, 5.41) is 12.2. The summed E-state index contributed by atoms with van der Waals surface area (Å²) in [7, 11) is -5.16. The largest absolute Gasteiger partial charge is 0.499 e. The maximum atomic E-state index is 7.47. The molecule has 24 heteroatoms. The predicted molar refractivity (Wildman–Crippen MR) is 590 cm³/mol. The van der Waals surface area contributed by atoms with E-state index >= 15 is 0 Å². The summed E-state index contributed by atoms with van der Waals surface area (Å²) >= 11 is 0. The van der Waals surface area contributed by atoms with Crippen molar-refractivity contribution in [2.24, 2.45) is 0 Å². The van der Waals surface area contributed by atoms with Crippen LogP contribution in [0, 0.1) is 62.3 Å². The Morgan fingerprint density at radius 2 is 0.596 bits per heavy atom. The summed E-state index contributed by atoms with van der Waals surface area (Å²) in [6.45, 7) is 27.5. The van der Waals surface area contributed by atoms with E-state index in [0.29, 0.717) is 22.7 Å². The van der Waals surface area contributed by atoms with Gasteiger partial charge >= 0.3 is 0 Å². The molecule has 0 aliphatic heterocycles. The molecular weight excluding hydrogens is 2580 g/mol. The van der Waals surface area contributed by atoms with Gasteiger partial charge in [-0.1, -0.05) is 208 Å². The van der Waals surface area contributed by atoms with Gasteiger partial charge in [-0.25, -0.2) is 15.0 Å². The van der Waals surface area contributed by atoms with Crippen molar-refractivity contribution in [3.05, 3.63) is 437 Å². The molecule has 0 fully saturated rings. The second-order valence-corrected chi connectivity index (χ2v) is 57.8. The zero-order chi connectivity index (χ0) is 101. The Morgan fingerprint density at radius 1 is 0.247 bits per heavy atom. The van der Waals surface area contributed by atoms with Crippen molar-refractivity contribution < 1.29 is 102 Å². The normalized spacial score (nSPS) is 11.4. The Balaban J connectivity index is 0.000000142. The Hall–Kier alpha value is -13.8. The Morgan fingerprint density at radius 3 is 0.973 bits per heavy atom. The van der Waals surface area contributed by atoms with Crippen LogP contribution in [0.4, 0.5) is 0 Å². The molecule has 0 amide bonds. The SMILES string of the molecule is C[Si](C)(C)c1ccc(-c2[c-]cccc2)nc1.C[Si](C)(C)c1ccc(-c2[c-]cccc2)nc1.C[Si](C)(C)c1ccc(-c2[c-]cccc2)nc1.C[Si](C)(C)c1ccc2c(n1)oc1c(-c3ccccn3)[c-]ccc12.Cc1ccc2c(n1)oc1c[c-]c(-c3ccccn3)cc12.[2H]C([2H])([2H])c1ccc2c(n1)oc1c(-c3ccccn3)[c-]ccc12.[Ir].[Ir].[Ir].[Ir].[c-]1ccc2c(oc3cccnc32)c1-c1ccccn1.[c-]1ccccc1-c1ccccn1. The molecule has 0 unspecified atom stereocenters. The van der Waals surface area contributed by atoms with Gasteiger partial charge in [-0.3, -0.25) is 4.98 Å². The molecular formula is C122H104Ir4N12O4Si4-8. The van der Waals surface area contributed by atoms with Crippen LogP contribution in [0.3, 0.4) is 0 Å². The number of nitrogens with zero attached hydrogens (tertiary/aromatic N) is 12. The van der Waals surface area contributed by atoms with Crippen molar-refractivity contribution in [2.75, 3.05) is 0 Å². The molecule has 0 saturated carbocycles. The van der Waals surface area contributed by atoms with E-state index in [9.17, 15) is 0 Å². The summed E-state index contributed by atoms with van der Waals surface area (Å²) in [4.78, 5) is 53.0. The third kappa shape index (κ3) is 27.5. The number of fused-ring (bicyclic) bond motifs is 12. The molecule has 0 aliphatic carbocycles. The van der Waals surface area contributed by atoms with Gasteiger partial charge in [0.25, 0.3) is 0 Å². The smallest absolute Gasteiger partial charge is 0.216 e. The molecule has 0 aliphatic rings. The van der Waals surface area contributed by atoms with Crippen molar-refractivity contribution in [1.82, 2.24) is 59.8 Å². The van der Waals surface area contributed by atoms with E-state index in [1.165, 1.54) is 21.6 Å². The second-order valence-electron chi connectivity index (χ2n) is 37.5. The van der Waals surface area contributed by atoms with E-state index in [2.05, 4.69) is 237 Å². The molecule has 0 spiro atoms. The molecule has 0 atom stereocenters. The van der Waals surface area contributed by atoms with Crippen molar-refractivity contribution in [2.45, 2.75) is 92.3 Å². The van der Waals surface area contributed by atoms with Crippen LogP contribution in [0.2, 0.25) is 78.6 Å². The monoisotopic (exact) mass is 2690 g/mol. The first-order valence-electron chi connectivity index (χ1n) is 48.2. The molecule has 0 N–H and O–H groups in total. The van der Waals surface area contributed by atoms with Gasteiger partial charge in [-0.05, 0) is 159 Å². The fourth-order valence-corrected chi connectivity index (χ4v) is 19.5. The van der Waals surface area contributed by atoms with Gasteiger partial charge in [0.05, 0.1) is 52.1 Å². The zero-order valence-corrected chi connectivity index (χ0v) is 96.2. The number of benzene rings is 8. The second kappa shape index (κ2) is 50.4. The van der Waals surface area contributed by atoms with Crippen molar-refractivity contribution in [3.8, 4) is 90.1 Å². The van der Waals surface area contributed by atoms with Gasteiger partial charge in [-0.15, -0.1) is 222 Å². The molecule has 16 aromatic heterocycles. The first-order valence-corrected chi connectivity index (χ1v) is 60.7. The van der Waals surface area contributed by atoms with Crippen LogP contribution in [0.1, 0.15) is 15.5 Å². The van der Waals surface area contributed by atoms with Crippen LogP contribution in [-0.4, -0.2) is 92.1 Å². The van der Waals surface area contributed by atoms with E-state index < -0.39 is 39.1 Å². The van der Waals surface area contributed by atoms with Gasteiger partial charge in [0.15, 0.2) is 0 Å². The quantitative estimate of drug-likeness (QED) is 0.0823. The maximum absolute atomic E-state index is 7.47. The van der Waals surface area contributed by atoms with E-state index in [0.717, 1.165) is 167 Å². The Labute approximate surface area is 914 Å². The maximum Gasteiger partial charge on any atom is 0.216 e. The average molecular weight is 2690 g/mol. The molecule has 736 valence electrons. The van der Waals surface area contributed by atoms with Crippen LogP contribution in [-0.2, 0) is 80.4 Å². The van der Waals surface area contributed by atoms with Gasteiger partial charge in [-0.2, -0.15) is 0 Å². The fourth-order valence-electron chi connectivity index (χ4n) is 15.4.